The lowest BCUT2D eigenvalue weighted by molar-refractivity contribution is -0.124. The molecule has 1 aromatic rings. The van der Waals surface area contributed by atoms with Crippen molar-refractivity contribution in [1.29, 1.82) is 0 Å². The van der Waals surface area contributed by atoms with E-state index >= 15 is 0 Å². The van der Waals surface area contributed by atoms with Crippen LogP contribution >= 0.6 is 34.4 Å². The van der Waals surface area contributed by atoms with Gasteiger partial charge in [-0.25, -0.2) is 0 Å². The van der Waals surface area contributed by atoms with Crippen molar-refractivity contribution in [3.8, 4) is 11.5 Å². The molecule has 0 atom stereocenters. The molecule has 1 saturated carbocycles. The highest BCUT2D eigenvalue weighted by Gasteiger charge is 2.40. The quantitative estimate of drug-likeness (QED) is 0.478. The molecule has 1 saturated heterocycles. The molecular formula is C19H22INO4S. The van der Waals surface area contributed by atoms with Gasteiger partial charge in [-0.15, -0.1) is 0 Å². The number of halogens is 1. The van der Waals surface area contributed by atoms with E-state index in [9.17, 15) is 14.7 Å². The van der Waals surface area contributed by atoms with Crippen LogP contribution in [0.2, 0.25) is 0 Å². The third-order valence-electron chi connectivity index (χ3n) is 5.04. The molecule has 0 aromatic heterocycles. The van der Waals surface area contributed by atoms with E-state index in [4.69, 9.17) is 4.74 Å². The fourth-order valence-electron chi connectivity index (χ4n) is 3.57. The van der Waals surface area contributed by atoms with Crippen LogP contribution in [0.15, 0.2) is 17.0 Å². The topological polar surface area (TPSA) is 66.8 Å². The number of phenols is 1. The Labute approximate surface area is 171 Å². The summed E-state index contributed by atoms with van der Waals surface area (Å²) < 4.78 is 5.79. The third kappa shape index (κ3) is 4.03. The molecule has 2 aliphatic rings. The van der Waals surface area contributed by atoms with Crippen molar-refractivity contribution in [2.75, 3.05) is 13.7 Å². The fraction of sp³-hybridized carbons (Fsp3) is 0.474. The largest absolute Gasteiger partial charge is 0.504 e. The molecule has 1 aliphatic carbocycles. The number of hydrogen-bond donors (Lipinski definition) is 1. The lowest BCUT2D eigenvalue weighted by atomic mass is 9.75. The van der Waals surface area contributed by atoms with E-state index in [-0.39, 0.29) is 22.3 Å². The van der Waals surface area contributed by atoms with Gasteiger partial charge in [0.2, 0.25) is 0 Å². The summed E-state index contributed by atoms with van der Waals surface area (Å²) in [7, 11) is 1.48. The number of thioether (sulfide) groups is 1. The number of imide groups is 1. The smallest absolute Gasteiger partial charge is 0.293 e. The number of carbonyl (C=O) groups excluding carboxylic acids is 2. The van der Waals surface area contributed by atoms with E-state index in [0.717, 1.165) is 43.0 Å². The molecule has 0 radical (unpaired) electrons. The molecule has 7 heteroatoms. The Morgan fingerprint density at radius 2 is 2.00 bits per heavy atom. The van der Waals surface area contributed by atoms with Gasteiger partial charge in [-0.3, -0.25) is 14.5 Å². The van der Waals surface area contributed by atoms with Gasteiger partial charge >= 0.3 is 0 Å². The van der Waals surface area contributed by atoms with E-state index in [0.29, 0.717) is 20.8 Å². The number of aromatic hydroxyl groups is 1. The highest BCUT2D eigenvalue weighted by molar-refractivity contribution is 14.1. The van der Waals surface area contributed by atoms with Crippen LogP contribution in [-0.4, -0.2) is 34.8 Å². The van der Waals surface area contributed by atoms with Crippen LogP contribution < -0.4 is 4.74 Å². The maximum atomic E-state index is 12.8. The van der Waals surface area contributed by atoms with Gasteiger partial charge < -0.3 is 9.84 Å². The second-order valence-electron chi connectivity index (χ2n) is 7.19. The Morgan fingerprint density at radius 1 is 1.31 bits per heavy atom. The molecule has 0 spiro atoms. The zero-order chi connectivity index (χ0) is 18.9. The Balaban J connectivity index is 1.82. The van der Waals surface area contributed by atoms with Crippen molar-refractivity contribution in [3.05, 3.63) is 26.2 Å². The number of benzene rings is 1. The summed E-state index contributed by atoms with van der Waals surface area (Å²) in [5, 5.41) is 9.74. The van der Waals surface area contributed by atoms with Crippen LogP contribution in [-0.2, 0) is 4.79 Å². The number of rotatable bonds is 4. The zero-order valence-electron chi connectivity index (χ0n) is 14.9. The molecule has 1 aromatic carbocycles. The average molecular weight is 487 g/mol. The van der Waals surface area contributed by atoms with Crippen LogP contribution in [0, 0.1) is 8.99 Å². The zero-order valence-corrected chi connectivity index (χ0v) is 17.9. The monoisotopic (exact) mass is 487 g/mol. The minimum absolute atomic E-state index is 0.0245. The second kappa shape index (κ2) is 7.80. The van der Waals surface area contributed by atoms with Crippen LogP contribution in [0.25, 0.3) is 6.08 Å². The number of ether oxygens (including phenoxy) is 1. The van der Waals surface area contributed by atoms with E-state index in [2.05, 4.69) is 6.92 Å². The first-order valence-electron chi connectivity index (χ1n) is 8.65. The minimum atomic E-state index is -0.228. The summed E-state index contributed by atoms with van der Waals surface area (Å²) in [6.45, 7) is 2.66. The summed E-state index contributed by atoms with van der Waals surface area (Å²) in [6, 6.07) is 3.42. The van der Waals surface area contributed by atoms with Gasteiger partial charge in [-0.1, -0.05) is 26.2 Å². The summed E-state index contributed by atoms with van der Waals surface area (Å²) >= 11 is 2.99. The van der Waals surface area contributed by atoms with Crippen molar-refractivity contribution >= 4 is 51.6 Å². The van der Waals surface area contributed by atoms with E-state index in [1.165, 1.54) is 18.4 Å². The summed E-state index contributed by atoms with van der Waals surface area (Å²) in [6.07, 6.45) is 7.36. The van der Waals surface area contributed by atoms with E-state index in [1.54, 1.807) is 18.2 Å². The SMILES string of the molecule is COc1cc(/C=C2/SC(=O)N(CC3(C)CCCCC3)C2=O)cc(I)c1O. The molecule has 5 nitrogen and oxygen atoms in total. The molecule has 2 amide bonds. The molecule has 2 fully saturated rings. The lowest BCUT2D eigenvalue weighted by Crippen LogP contribution is -2.39. The van der Waals surface area contributed by atoms with Crippen molar-refractivity contribution in [2.45, 2.75) is 39.0 Å². The van der Waals surface area contributed by atoms with Crippen molar-refractivity contribution in [2.24, 2.45) is 5.41 Å². The highest BCUT2D eigenvalue weighted by atomic mass is 127. The Hall–Kier alpha value is -1.22. The molecule has 26 heavy (non-hydrogen) atoms. The van der Waals surface area contributed by atoms with Gasteiger partial charge in [-0.05, 0) is 76.4 Å². The van der Waals surface area contributed by atoms with Crippen LogP contribution in [0.3, 0.4) is 0 Å². The number of amides is 2. The molecule has 1 N–H and O–H groups in total. The number of phenolic OH excluding ortho intramolecular Hbond substituents is 1. The Morgan fingerprint density at radius 3 is 2.65 bits per heavy atom. The van der Waals surface area contributed by atoms with Gasteiger partial charge in [0.25, 0.3) is 11.1 Å². The predicted octanol–water partition coefficient (Wildman–Crippen LogP) is 5.01. The fourth-order valence-corrected chi connectivity index (χ4v) is 5.03. The first kappa shape index (κ1) is 19.5. The van der Waals surface area contributed by atoms with Crippen LogP contribution in [0.1, 0.15) is 44.6 Å². The molecule has 140 valence electrons. The van der Waals surface area contributed by atoms with Crippen molar-refractivity contribution in [1.82, 2.24) is 4.90 Å². The van der Waals surface area contributed by atoms with Gasteiger partial charge in [0.1, 0.15) is 0 Å². The summed E-state index contributed by atoms with van der Waals surface area (Å²) in [5.74, 6) is 0.189. The molecule has 1 aliphatic heterocycles. The molecule has 0 unspecified atom stereocenters. The van der Waals surface area contributed by atoms with Gasteiger partial charge in [0.15, 0.2) is 11.5 Å². The predicted molar refractivity (Wildman–Crippen MR) is 111 cm³/mol. The first-order valence-corrected chi connectivity index (χ1v) is 10.5. The van der Waals surface area contributed by atoms with Gasteiger partial charge in [0.05, 0.1) is 15.6 Å². The number of methoxy groups -OCH3 is 1. The van der Waals surface area contributed by atoms with Crippen LogP contribution in [0.4, 0.5) is 4.79 Å². The van der Waals surface area contributed by atoms with Gasteiger partial charge in [0, 0.05) is 6.54 Å². The van der Waals surface area contributed by atoms with Crippen molar-refractivity contribution < 1.29 is 19.4 Å². The minimum Gasteiger partial charge on any atom is -0.504 e. The van der Waals surface area contributed by atoms with Crippen molar-refractivity contribution in [3.63, 3.8) is 0 Å². The second-order valence-corrected chi connectivity index (χ2v) is 9.35. The van der Waals surface area contributed by atoms with Crippen LogP contribution in [0.5, 0.6) is 11.5 Å². The lowest BCUT2D eigenvalue weighted by Gasteiger charge is -2.35. The number of hydrogen-bond acceptors (Lipinski definition) is 5. The molecular weight excluding hydrogens is 465 g/mol. The maximum absolute atomic E-state index is 12.8. The third-order valence-corrected chi connectivity index (χ3v) is 6.77. The summed E-state index contributed by atoms with van der Waals surface area (Å²) in [4.78, 5) is 27.0. The van der Waals surface area contributed by atoms with E-state index < -0.39 is 0 Å². The standard InChI is InChI=1S/C19H22INO4S/c1-19(6-4-3-5-7-19)11-21-17(23)15(26-18(21)24)10-12-8-13(20)16(22)14(9-12)25-2/h8-10,22H,3-7,11H2,1-2H3/b15-10+. The highest BCUT2D eigenvalue weighted by Crippen LogP contribution is 2.41. The molecule has 3 rings (SSSR count). The van der Waals surface area contributed by atoms with E-state index in [1.807, 2.05) is 22.6 Å². The Kier molecular flexibility index (Phi) is 5.86. The normalized spacial score (nSPS) is 21.5. The maximum Gasteiger partial charge on any atom is 0.293 e. The molecule has 1 heterocycles. The number of carbonyl (C=O) groups is 2. The molecule has 0 bridgehead atoms. The summed E-state index contributed by atoms with van der Waals surface area (Å²) in [5.41, 5.74) is 0.745. The Bertz CT molecular complexity index is 771. The number of nitrogens with zero attached hydrogens (tertiary/aromatic N) is 1. The first-order chi connectivity index (χ1) is 12.3. The average Bonchev–Trinajstić information content (AvgIpc) is 2.85. The van der Waals surface area contributed by atoms with Gasteiger partial charge in [-0.2, -0.15) is 0 Å².